The van der Waals surface area contributed by atoms with Crippen LogP contribution in [0.2, 0.25) is 0 Å². The van der Waals surface area contributed by atoms with Crippen molar-refractivity contribution < 1.29 is 13.5 Å². The highest BCUT2D eigenvalue weighted by molar-refractivity contribution is 7.90. The Morgan fingerprint density at radius 2 is 1.74 bits per heavy atom. The maximum absolute atomic E-state index is 13.3. The number of benzene rings is 2. The van der Waals surface area contributed by atoms with Crippen molar-refractivity contribution in [3.05, 3.63) is 80.8 Å². The molecule has 4 aromatic rings. The van der Waals surface area contributed by atoms with Gasteiger partial charge in [0, 0.05) is 38.6 Å². The fourth-order valence-electron chi connectivity index (χ4n) is 4.57. The predicted molar refractivity (Wildman–Crippen MR) is 139 cm³/mol. The molecule has 0 amide bonds. The molecule has 2 aromatic carbocycles. The van der Waals surface area contributed by atoms with Crippen molar-refractivity contribution in [2.45, 2.75) is 39.1 Å². The van der Waals surface area contributed by atoms with Crippen LogP contribution in [0.25, 0.3) is 21.7 Å². The van der Waals surface area contributed by atoms with Gasteiger partial charge in [0.1, 0.15) is 0 Å². The Kier molecular flexibility index (Phi) is 7.00. The second-order valence-corrected chi connectivity index (χ2v) is 11.6. The van der Waals surface area contributed by atoms with Gasteiger partial charge in [0.25, 0.3) is 5.56 Å². The Morgan fingerprint density at radius 1 is 1.03 bits per heavy atom. The fourth-order valence-corrected chi connectivity index (χ4v) is 6.01. The normalized spacial score (nSPS) is 12.3. The van der Waals surface area contributed by atoms with Gasteiger partial charge in [0.15, 0.2) is 9.84 Å². The molecule has 0 spiro atoms. The molecule has 0 saturated carbocycles. The largest absolute Gasteiger partial charge is 0.396 e. The molecule has 0 atom stereocenters. The lowest BCUT2D eigenvalue weighted by Gasteiger charge is -2.13. The number of aliphatic hydroxyl groups excluding tert-OH is 1. The lowest BCUT2D eigenvalue weighted by molar-refractivity contribution is 0.295. The van der Waals surface area contributed by atoms with Gasteiger partial charge >= 0.3 is 5.69 Å². The molecule has 1 N–H and O–H groups in total. The van der Waals surface area contributed by atoms with Gasteiger partial charge < -0.3 is 9.67 Å². The van der Waals surface area contributed by atoms with E-state index in [1.807, 2.05) is 56.3 Å². The summed E-state index contributed by atoms with van der Waals surface area (Å²) in [4.78, 5) is 26.3. The minimum absolute atomic E-state index is 0.125. The number of aliphatic hydroxyl groups is 1. The van der Waals surface area contributed by atoms with E-state index in [0.717, 1.165) is 20.9 Å². The number of hydrogen-bond acceptors (Lipinski definition) is 5. The third kappa shape index (κ3) is 4.97. The number of aromatic nitrogens is 3. The average molecular weight is 498 g/mol. The number of sulfone groups is 1. The van der Waals surface area contributed by atoms with E-state index in [-0.39, 0.29) is 35.8 Å². The summed E-state index contributed by atoms with van der Waals surface area (Å²) in [7, 11) is -2.18. The molecule has 0 saturated heterocycles. The van der Waals surface area contributed by atoms with Crippen LogP contribution in [0, 0.1) is 5.92 Å². The molecular formula is C26H31N3O5S. The zero-order valence-electron chi connectivity index (χ0n) is 20.3. The van der Waals surface area contributed by atoms with Crippen LogP contribution < -0.4 is 11.2 Å². The summed E-state index contributed by atoms with van der Waals surface area (Å²) in [6, 6.07) is 13.9. The Balaban J connectivity index is 1.99. The summed E-state index contributed by atoms with van der Waals surface area (Å²) < 4.78 is 30.3. The van der Waals surface area contributed by atoms with Crippen LogP contribution in [0.3, 0.4) is 0 Å². The highest BCUT2D eigenvalue weighted by Gasteiger charge is 2.24. The Hall–Kier alpha value is -3.17. The molecule has 9 heteroatoms. The summed E-state index contributed by atoms with van der Waals surface area (Å²) in [5, 5.41) is 11.5. The molecule has 8 nitrogen and oxygen atoms in total. The van der Waals surface area contributed by atoms with E-state index in [9.17, 15) is 18.0 Å². The maximum atomic E-state index is 13.3. The second kappa shape index (κ2) is 9.83. The molecule has 0 aliphatic heterocycles. The van der Waals surface area contributed by atoms with Crippen LogP contribution in [0.1, 0.15) is 31.5 Å². The highest BCUT2D eigenvalue weighted by atomic mass is 32.2. The monoisotopic (exact) mass is 497 g/mol. The van der Waals surface area contributed by atoms with Crippen LogP contribution in [0.5, 0.6) is 0 Å². The van der Waals surface area contributed by atoms with Gasteiger partial charge in [-0.3, -0.25) is 13.9 Å². The van der Waals surface area contributed by atoms with Crippen molar-refractivity contribution in [1.29, 1.82) is 0 Å². The molecule has 186 valence electrons. The van der Waals surface area contributed by atoms with Crippen molar-refractivity contribution >= 4 is 31.5 Å². The van der Waals surface area contributed by atoms with E-state index >= 15 is 0 Å². The summed E-state index contributed by atoms with van der Waals surface area (Å²) >= 11 is 0. The molecule has 4 rings (SSSR count). The van der Waals surface area contributed by atoms with E-state index in [1.54, 1.807) is 15.3 Å². The summed E-state index contributed by atoms with van der Waals surface area (Å²) in [5.41, 5.74) is 0.859. The zero-order chi connectivity index (χ0) is 25.3. The molecular weight excluding hydrogens is 466 g/mol. The van der Waals surface area contributed by atoms with Gasteiger partial charge in [-0.25, -0.2) is 13.2 Å². The van der Waals surface area contributed by atoms with Crippen LogP contribution >= 0.6 is 0 Å². The maximum Gasteiger partial charge on any atom is 0.331 e. The van der Waals surface area contributed by atoms with E-state index in [1.165, 1.54) is 7.05 Å². The van der Waals surface area contributed by atoms with Gasteiger partial charge in [0.2, 0.25) is 0 Å². The molecule has 0 radical (unpaired) electrons. The van der Waals surface area contributed by atoms with E-state index in [4.69, 9.17) is 5.11 Å². The molecule has 0 aliphatic rings. The van der Waals surface area contributed by atoms with E-state index in [0.29, 0.717) is 24.3 Å². The highest BCUT2D eigenvalue weighted by Crippen LogP contribution is 2.25. The predicted octanol–water partition coefficient (Wildman–Crippen LogP) is 2.66. The third-order valence-electron chi connectivity index (χ3n) is 6.24. The molecule has 2 heterocycles. The van der Waals surface area contributed by atoms with Gasteiger partial charge in [0.05, 0.1) is 22.4 Å². The summed E-state index contributed by atoms with van der Waals surface area (Å²) in [5.74, 6) is -0.390. The lowest BCUT2D eigenvalue weighted by atomic mass is 10.0. The van der Waals surface area contributed by atoms with Gasteiger partial charge in [-0.2, -0.15) is 0 Å². The van der Waals surface area contributed by atoms with Crippen molar-refractivity contribution in [2.75, 3.05) is 12.4 Å². The smallest absolute Gasteiger partial charge is 0.331 e. The van der Waals surface area contributed by atoms with Crippen molar-refractivity contribution in [3.63, 3.8) is 0 Å². The molecule has 35 heavy (non-hydrogen) atoms. The van der Waals surface area contributed by atoms with Gasteiger partial charge in [-0.15, -0.1) is 0 Å². The van der Waals surface area contributed by atoms with E-state index < -0.39 is 21.1 Å². The third-order valence-corrected chi connectivity index (χ3v) is 7.86. The molecule has 0 fully saturated rings. The molecule has 0 unspecified atom stereocenters. The number of rotatable bonds is 9. The van der Waals surface area contributed by atoms with E-state index in [2.05, 4.69) is 0 Å². The fraction of sp³-hybridized carbons (Fsp3) is 0.385. The van der Waals surface area contributed by atoms with Gasteiger partial charge in [-0.1, -0.05) is 56.3 Å². The molecule has 0 bridgehead atoms. The topological polar surface area (TPSA) is 103 Å². The second-order valence-electron chi connectivity index (χ2n) is 9.42. The Labute approximate surface area is 204 Å². The first-order valence-corrected chi connectivity index (χ1v) is 13.5. The average Bonchev–Trinajstić information content (AvgIpc) is 3.16. The number of fused-ring (bicyclic) bond motifs is 2. The van der Waals surface area contributed by atoms with Gasteiger partial charge in [-0.05, 0) is 28.7 Å². The number of nitrogens with zero attached hydrogens (tertiary/aromatic N) is 3. The molecule has 2 aromatic heterocycles. The lowest BCUT2D eigenvalue weighted by Crippen LogP contribution is -2.38. The number of hydrogen-bond donors (Lipinski definition) is 1. The van der Waals surface area contributed by atoms with Crippen molar-refractivity contribution in [1.82, 2.24) is 13.7 Å². The van der Waals surface area contributed by atoms with Crippen LogP contribution in [0.4, 0.5) is 0 Å². The SMILES string of the molecule is CC(C)Cn1c(=O)n(C)c(=O)c2c(CS(=O)(=O)CCCO)n(Cc3cccc4ccccc34)cc21. The first-order valence-electron chi connectivity index (χ1n) is 11.7. The summed E-state index contributed by atoms with van der Waals surface area (Å²) in [6.07, 6.45) is 1.86. The van der Waals surface area contributed by atoms with Crippen molar-refractivity contribution in [2.24, 2.45) is 13.0 Å². The Morgan fingerprint density at radius 3 is 2.46 bits per heavy atom. The van der Waals surface area contributed by atoms with Crippen LogP contribution in [-0.4, -0.2) is 39.6 Å². The standard InChI is InChI=1S/C26H31N3O5S/c1-18(2)14-29-22-16-28(15-20-10-6-9-19-8-4-5-11-21(19)20)23(17-35(33,34)13-7-12-30)24(22)25(31)27(3)26(29)32/h4-6,8-11,16,18,30H,7,12-15,17H2,1-3H3. The van der Waals surface area contributed by atoms with Crippen molar-refractivity contribution in [3.8, 4) is 0 Å². The summed E-state index contributed by atoms with van der Waals surface area (Å²) in [6.45, 7) is 4.48. The minimum Gasteiger partial charge on any atom is -0.396 e. The first kappa shape index (κ1) is 24.9. The Bertz CT molecular complexity index is 1600. The molecule has 0 aliphatic carbocycles. The minimum atomic E-state index is -3.61. The quantitative estimate of drug-likeness (QED) is 0.383. The first-order chi connectivity index (χ1) is 16.6. The zero-order valence-corrected chi connectivity index (χ0v) is 21.1. The van der Waals surface area contributed by atoms with Crippen LogP contribution in [-0.2, 0) is 35.7 Å². The van der Waals surface area contributed by atoms with Crippen LogP contribution in [0.15, 0.2) is 58.3 Å².